The summed E-state index contributed by atoms with van der Waals surface area (Å²) in [7, 11) is 0. The van der Waals surface area contributed by atoms with E-state index < -0.39 is 0 Å². The van der Waals surface area contributed by atoms with E-state index in [9.17, 15) is 4.39 Å². The predicted octanol–water partition coefficient (Wildman–Crippen LogP) is 3.08. The van der Waals surface area contributed by atoms with E-state index in [-0.39, 0.29) is 5.82 Å². The number of nitrogens with zero attached hydrogens (tertiary/aromatic N) is 1. The summed E-state index contributed by atoms with van der Waals surface area (Å²) in [5.74, 6) is -0.110. The van der Waals surface area contributed by atoms with Gasteiger partial charge in [-0.3, -0.25) is 0 Å². The molecule has 3 nitrogen and oxygen atoms in total. The molecule has 116 valence electrons. The van der Waals surface area contributed by atoms with Crippen LogP contribution in [0.5, 0.6) is 0 Å². The van der Waals surface area contributed by atoms with Crippen molar-refractivity contribution in [2.75, 3.05) is 18.1 Å². The molecule has 1 aliphatic heterocycles. The van der Waals surface area contributed by atoms with Crippen molar-refractivity contribution in [3.05, 3.63) is 29.6 Å². The third-order valence-electron chi connectivity index (χ3n) is 4.57. The largest absolute Gasteiger partial charge is 0.374 e. The number of ether oxygens (including phenoxy) is 1. The maximum Gasteiger partial charge on any atom is 0.129 e. The minimum absolute atomic E-state index is 0.110. The summed E-state index contributed by atoms with van der Waals surface area (Å²) in [6.45, 7) is 6.35. The Balaban J connectivity index is 1.88. The fourth-order valence-corrected chi connectivity index (χ4v) is 3.52. The molecule has 0 aromatic heterocycles. The Hall–Kier alpha value is -1.13. The second kappa shape index (κ2) is 6.32. The summed E-state index contributed by atoms with van der Waals surface area (Å²) in [5, 5.41) is 3.34. The molecule has 0 amide bonds. The van der Waals surface area contributed by atoms with Gasteiger partial charge in [0.15, 0.2) is 0 Å². The summed E-state index contributed by atoms with van der Waals surface area (Å²) < 4.78 is 20.2. The summed E-state index contributed by atoms with van der Waals surface area (Å²) in [5.41, 5.74) is 1.84. The van der Waals surface area contributed by atoms with Gasteiger partial charge in [0.1, 0.15) is 5.82 Å². The van der Waals surface area contributed by atoms with Gasteiger partial charge in [-0.1, -0.05) is 19.9 Å². The zero-order valence-electron chi connectivity index (χ0n) is 12.9. The molecule has 1 aliphatic carbocycles. The lowest BCUT2D eigenvalue weighted by atomic mass is 10.1. The molecule has 2 atom stereocenters. The van der Waals surface area contributed by atoms with Crippen LogP contribution in [-0.2, 0) is 11.3 Å². The molecule has 1 heterocycles. The molecule has 0 spiro atoms. The first-order valence-electron chi connectivity index (χ1n) is 8.06. The molecule has 3 rings (SSSR count). The van der Waals surface area contributed by atoms with Gasteiger partial charge in [0, 0.05) is 30.4 Å². The molecule has 1 saturated carbocycles. The lowest BCUT2D eigenvalue weighted by Crippen LogP contribution is -2.49. The van der Waals surface area contributed by atoms with E-state index >= 15 is 0 Å². The van der Waals surface area contributed by atoms with Crippen molar-refractivity contribution in [2.45, 2.75) is 57.8 Å². The van der Waals surface area contributed by atoms with Crippen LogP contribution in [0, 0.1) is 5.82 Å². The van der Waals surface area contributed by atoms with Gasteiger partial charge in [-0.2, -0.15) is 0 Å². The molecular weight excluding hydrogens is 267 g/mol. The monoisotopic (exact) mass is 292 g/mol. The highest BCUT2D eigenvalue weighted by Crippen LogP contribution is 2.35. The van der Waals surface area contributed by atoms with Crippen molar-refractivity contribution in [1.29, 1.82) is 0 Å². The number of morpholine rings is 1. The third kappa shape index (κ3) is 3.06. The van der Waals surface area contributed by atoms with Gasteiger partial charge < -0.3 is 15.0 Å². The van der Waals surface area contributed by atoms with Crippen LogP contribution >= 0.6 is 0 Å². The van der Waals surface area contributed by atoms with Gasteiger partial charge in [0.05, 0.1) is 18.8 Å². The van der Waals surface area contributed by atoms with E-state index in [2.05, 4.69) is 30.1 Å². The number of anilines is 1. The first-order chi connectivity index (χ1) is 10.2. The van der Waals surface area contributed by atoms with Crippen molar-refractivity contribution in [2.24, 2.45) is 0 Å². The van der Waals surface area contributed by atoms with Crippen LogP contribution in [0.4, 0.5) is 10.1 Å². The number of benzene rings is 1. The lowest BCUT2D eigenvalue weighted by molar-refractivity contribution is 0.0255. The second-order valence-corrected chi connectivity index (χ2v) is 6.37. The molecule has 2 unspecified atom stereocenters. The maximum absolute atomic E-state index is 14.3. The lowest BCUT2D eigenvalue weighted by Gasteiger charge is -2.40. The average molecular weight is 292 g/mol. The fraction of sp³-hybridized carbons (Fsp3) is 0.647. The number of hydrogen-bond acceptors (Lipinski definition) is 3. The number of hydrogen-bond donors (Lipinski definition) is 1. The van der Waals surface area contributed by atoms with E-state index in [1.54, 1.807) is 6.07 Å². The van der Waals surface area contributed by atoms with Gasteiger partial charge >= 0.3 is 0 Å². The number of halogens is 1. The second-order valence-electron chi connectivity index (χ2n) is 6.37. The summed E-state index contributed by atoms with van der Waals surface area (Å²) >= 11 is 0. The van der Waals surface area contributed by atoms with Crippen molar-refractivity contribution in [3.8, 4) is 0 Å². The molecule has 0 radical (unpaired) electrons. The third-order valence-corrected chi connectivity index (χ3v) is 4.57. The van der Waals surface area contributed by atoms with Crippen LogP contribution in [0.25, 0.3) is 0 Å². The van der Waals surface area contributed by atoms with Gasteiger partial charge in [0.25, 0.3) is 0 Å². The summed E-state index contributed by atoms with van der Waals surface area (Å²) in [6.07, 6.45) is 3.82. The highest BCUT2D eigenvalue weighted by molar-refractivity contribution is 5.56. The Morgan fingerprint density at radius 1 is 1.38 bits per heavy atom. The molecular formula is C17H25FN2O. The van der Waals surface area contributed by atoms with Crippen molar-refractivity contribution in [1.82, 2.24) is 5.32 Å². The first kappa shape index (κ1) is 14.8. The number of rotatable bonds is 4. The topological polar surface area (TPSA) is 24.5 Å². The highest BCUT2D eigenvalue weighted by Gasteiger charge is 2.37. The van der Waals surface area contributed by atoms with Crippen LogP contribution in [0.1, 0.15) is 38.7 Å². The van der Waals surface area contributed by atoms with Crippen molar-refractivity contribution < 1.29 is 9.13 Å². The van der Waals surface area contributed by atoms with Crippen LogP contribution in [0.3, 0.4) is 0 Å². The van der Waals surface area contributed by atoms with Gasteiger partial charge in [0.2, 0.25) is 0 Å². The Labute approximate surface area is 126 Å². The molecule has 1 N–H and O–H groups in total. The van der Waals surface area contributed by atoms with E-state index in [0.717, 1.165) is 37.2 Å². The molecule has 1 saturated heterocycles. The van der Waals surface area contributed by atoms with Crippen molar-refractivity contribution in [3.63, 3.8) is 0 Å². The Morgan fingerprint density at radius 3 is 3.05 bits per heavy atom. The van der Waals surface area contributed by atoms with E-state index in [0.29, 0.717) is 24.7 Å². The Bertz CT molecular complexity index is 492. The zero-order valence-corrected chi connectivity index (χ0v) is 12.9. The van der Waals surface area contributed by atoms with Gasteiger partial charge in [-0.25, -0.2) is 4.39 Å². The van der Waals surface area contributed by atoms with Crippen LogP contribution in [-0.4, -0.2) is 31.3 Å². The molecule has 1 aromatic rings. The Morgan fingerprint density at radius 2 is 2.24 bits per heavy atom. The standard InChI is InChI=1S/C17H25FN2O/c1-12(2)19-11-13-14(18)5-3-6-15(13)20-9-10-21-17-8-4-7-16(17)20/h3,5-6,12,16-17,19H,4,7-11H2,1-2H3. The smallest absolute Gasteiger partial charge is 0.129 e. The average Bonchev–Trinajstić information content (AvgIpc) is 2.94. The summed E-state index contributed by atoms with van der Waals surface area (Å²) in [6, 6.07) is 6.21. The van der Waals surface area contributed by atoms with Gasteiger partial charge in [-0.05, 0) is 31.4 Å². The fourth-order valence-electron chi connectivity index (χ4n) is 3.52. The van der Waals surface area contributed by atoms with Gasteiger partial charge in [-0.15, -0.1) is 0 Å². The molecule has 1 aromatic carbocycles. The Kier molecular flexibility index (Phi) is 4.45. The first-order valence-corrected chi connectivity index (χ1v) is 8.06. The van der Waals surface area contributed by atoms with Crippen LogP contribution < -0.4 is 10.2 Å². The van der Waals surface area contributed by atoms with Crippen LogP contribution in [0.2, 0.25) is 0 Å². The van der Waals surface area contributed by atoms with E-state index in [1.807, 2.05) is 6.07 Å². The van der Waals surface area contributed by atoms with Crippen molar-refractivity contribution >= 4 is 5.69 Å². The predicted molar refractivity (Wildman–Crippen MR) is 83.1 cm³/mol. The quantitative estimate of drug-likeness (QED) is 0.923. The van der Waals surface area contributed by atoms with E-state index in [1.165, 1.54) is 6.42 Å². The minimum Gasteiger partial charge on any atom is -0.374 e. The normalized spacial score (nSPS) is 25.4. The molecule has 2 fully saturated rings. The molecule has 4 heteroatoms. The van der Waals surface area contributed by atoms with Crippen LogP contribution in [0.15, 0.2) is 18.2 Å². The maximum atomic E-state index is 14.3. The molecule has 21 heavy (non-hydrogen) atoms. The van der Waals surface area contributed by atoms with E-state index in [4.69, 9.17) is 4.74 Å². The minimum atomic E-state index is -0.110. The molecule has 2 aliphatic rings. The number of nitrogens with one attached hydrogen (secondary N) is 1. The zero-order chi connectivity index (χ0) is 14.8. The number of fused-ring (bicyclic) bond motifs is 1. The summed E-state index contributed by atoms with van der Waals surface area (Å²) in [4.78, 5) is 2.38. The molecule has 0 bridgehead atoms. The SMILES string of the molecule is CC(C)NCc1c(F)cccc1N1CCOC2CCCC21. The highest BCUT2D eigenvalue weighted by atomic mass is 19.1.